The summed E-state index contributed by atoms with van der Waals surface area (Å²) in [5.41, 5.74) is 12.6. The van der Waals surface area contributed by atoms with Gasteiger partial charge in [0.25, 0.3) is 11.8 Å². The molecule has 5 N–H and O–H groups in total. The van der Waals surface area contributed by atoms with Crippen molar-refractivity contribution in [2.24, 2.45) is 0 Å². The number of piperidine rings is 1. The number of hydrogen-bond acceptors (Lipinski definition) is 9. The van der Waals surface area contributed by atoms with Gasteiger partial charge in [-0.15, -0.1) is 0 Å². The lowest BCUT2D eigenvalue weighted by molar-refractivity contribution is -0.134. The van der Waals surface area contributed by atoms with Crippen molar-refractivity contribution in [3.8, 4) is 5.75 Å². The van der Waals surface area contributed by atoms with Gasteiger partial charge in [0, 0.05) is 38.8 Å². The van der Waals surface area contributed by atoms with E-state index < -0.39 is 5.91 Å². The predicted octanol–water partition coefficient (Wildman–Crippen LogP) is 1.27. The molecule has 2 amide bonds. The molecule has 11 nitrogen and oxygen atoms in total. The minimum atomic E-state index is -0.392. The molecular formula is C26H37ClN8O3. The van der Waals surface area contributed by atoms with Gasteiger partial charge in [0.15, 0.2) is 29.1 Å². The normalized spacial score (nSPS) is 18.8. The summed E-state index contributed by atoms with van der Waals surface area (Å²) in [7, 11) is 2.07. The van der Waals surface area contributed by atoms with E-state index in [1.807, 2.05) is 17.0 Å². The molecule has 0 radical (unpaired) electrons. The molecule has 2 saturated heterocycles. The number of benzene rings is 1. The number of aryl methyl sites for hydroxylation is 1. The van der Waals surface area contributed by atoms with Crippen LogP contribution in [0, 0.1) is 0 Å². The number of ether oxygens (including phenoxy) is 1. The van der Waals surface area contributed by atoms with Gasteiger partial charge in [-0.2, -0.15) is 0 Å². The number of nitrogens with one attached hydrogen (secondary N) is 1. The zero-order valence-electron chi connectivity index (χ0n) is 21.9. The number of aromatic nitrogens is 2. The number of carbonyl (C=O) groups is 2. The summed E-state index contributed by atoms with van der Waals surface area (Å²) >= 11 is 5.91. The highest BCUT2D eigenvalue weighted by molar-refractivity contribution is 6.31. The minimum absolute atomic E-state index is 0.00114. The smallest absolute Gasteiger partial charge is 0.274 e. The maximum atomic E-state index is 12.7. The lowest BCUT2D eigenvalue weighted by atomic mass is 10.0. The van der Waals surface area contributed by atoms with Crippen LogP contribution < -0.4 is 21.5 Å². The van der Waals surface area contributed by atoms with E-state index >= 15 is 0 Å². The van der Waals surface area contributed by atoms with Gasteiger partial charge in [-0.25, -0.2) is 9.97 Å². The van der Waals surface area contributed by atoms with E-state index in [9.17, 15) is 9.59 Å². The first-order valence-electron chi connectivity index (χ1n) is 13.1. The fraction of sp³-hybridized carbons (Fsp3) is 0.538. The topological polar surface area (TPSA) is 143 Å². The molecule has 0 bridgehead atoms. The van der Waals surface area contributed by atoms with Crippen LogP contribution in [0.25, 0.3) is 0 Å². The first kappa shape index (κ1) is 27.9. The van der Waals surface area contributed by atoms with Crippen LogP contribution in [0.1, 0.15) is 35.3 Å². The summed E-state index contributed by atoms with van der Waals surface area (Å²) in [6.45, 7) is 6.06. The molecule has 0 spiro atoms. The number of rotatable bonds is 9. The summed E-state index contributed by atoms with van der Waals surface area (Å²) in [4.78, 5) is 39.3. The highest BCUT2D eigenvalue weighted by Crippen LogP contribution is 2.19. The van der Waals surface area contributed by atoms with Crippen LogP contribution in [-0.2, 0) is 11.2 Å². The molecule has 38 heavy (non-hydrogen) atoms. The Hall–Kier alpha value is -3.15. The van der Waals surface area contributed by atoms with E-state index in [0.717, 1.165) is 71.5 Å². The Kier molecular flexibility index (Phi) is 9.59. The number of nitrogen functional groups attached to an aromatic ring is 2. The van der Waals surface area contributed by atoms with Crippen molar-refractivity contribution in [2.75, 3.05) is 70.9 Å². The van der Waals surface area contributed by atoms with Crippen molar-refractivity contribution in [3.05, 3.63) is 40.7 Å². The molecule has 3 heterocycles. The molecule has 2 aliphatic rings. The number of likely N-dealkylation sites (tertiary alicyclic amines) is 1. The van der Waals surface area contributed by atoms with Gasteiger partial charge in [0.2, 0.25) is 0 Å². The van der Waals surface area contributed by atoms with E-state index in [2.05, 4.69) is 44.3 Å². The van der Waals surface area contributed by atoms with Crippen LogP contribution in [0.5, 0.6) is 5.75 Å². The van der Waals surface area contributed by atoms with Crippen LogP contribution in [0.4, 0.5) is 11.6 Å². The molecule has 206 valence electrons. The van der Waals surface area contributed by atoms with Gasteiger partial charge in [0.05, 0.1) is 0 Å². The minimum Gasteiger partial charge on any atom is -0.484 e. The SMILES string of the molecule is CN1CCN(C(=O)COc2ccc(CCCN3CCCC(NC(=O)c4nc(Cl)c(N)nc4N)C3)cc2)CC1. The second-order valence-corrected chi connectivity index (χ2v) is 10.3. The Morgan fingerprint density at radius 1 is 1.08 bits per heavy atom. The van der Waals surface area contributed by atoms with Crippen molar-refractivity contribution < 1.29 is 14.3 Å². The highest BCUT2D eigenvalue weighted by atomic mass is 35.5. The number of hydrogen-bond donors (Lipinski definition) is 3. The average molecular weight is 545 g/mol. The van der Waals surface area contributed by atoms with Crippen molar-refractivity contribution in [2.45, 2.75) is 31.7 Å². The van der Waals surface area contributed by atoms with Crippen LogP contribution in [-0.4, -0.2) is 102 Å². The van der Waals surface area contributed by atoms with Gasteiger partial charge in [0.1, 0.15) is 5.75 Å². The van der Waals surface area contributed by atoms with Gasteiger partial charge in [-0.05, 0) is 63.5 Å². The number of amides is 2. The third kappa shape index (κ3) is 7.68. The Balaban J connectivity index is 1.17. The molecule has 4 rings (SSSR count). The molecule has 2 aliphatic heterocycles. The number of anilines is 2. The molecule has 1 unspecified atom stereocenters. The van der Waals surface area contributed by atoms with Crippen LogP contribution in [0.3, 0.4) is 0 Å². The predicted molar refractivity (Wildman–Crippen MR) is 147 cm³/mol. The van der Waals surface area contributed by atoms with Gasteiger partial charge >= 0.3 is 0 Å². The monoisotopic (exact) mass is 544 g/mol. The second kappa shape index (κ2) is 13.1. The number of halogens is 1. The summed E-state index contributed by atoms with van der Waals surface area (Å²) in [6, 6.07) is 7.96. The van der Waals surface area contributed by atoms with E-state index in [4.69, 9.17) is 27.8 Å². The highest BCUT2D eigenvalue weighted by Gasteiger charge is 2.24. The molecule has 2 fully saturated rings. The lowest BCUT2D eigenvalue weighted by Gasteiger charge is -2.33. The first-order valence-corrected chi connectivity index (χ1v) is 13.5. The van der Waals surface area contributed by atoms with E-state index in [-0.39, 0.29) is 41.0 Å². The first-order chi connectivity index (χ1) is 18.3. The maximum Gasteiger partial charge on any atom is 0.274 e. The number of piperazine rings is 1. The molecule has 1 aromatic carbocycles. The average Bonchev–Trinajstić information content (AvgIpc) is 2.90. The fourth-order valence-corrected chi connectivity index (χ4v) is 4.92. The standard InChI is InChI=1S/C26H37ClN8O3/c1-33-12-14-35(15-13-33)21(36)17-38-20-8-6-18(7-9-20)4-2-10-34-11-3-5-19(16-34)30-26(37)22-24(28)32-25(29)23(27)31-22/h6-9,19H,2-5,10-17H2,1H3,(H,30,37)(H4,28,29,32). The Labute approximate surface area is 228 Å². The second-order valence-electron chi connectivity index (χ2n) is 9.97. The molecule has 1 atom stereocenters. The maximum absolute atomic E-state index is 12.7. The van der Waals surface area contributed by atoms with Crippen molar-refractivity contribution in [1.29, 1.82) is 0 Å². The zero-order valence-corrected chi connectivity index (χ0v) is 22.6. The molecule has 2 aromatic rings. The molecular weight excluding hydrogens is 508 g/mol. The van der Waals surface area contributed by atoms with Crippen LogP contribution in [0.2, 0.25) is 5.15 Å². The van der Waals surface area contributed by atoms with Crippen molar-refractivity contribution in [3.63, 3.8) is 0 Å². The zero-order chi connectivity index (χ0) is 27.1. The largest absolute Gasteiger partial charge is 0.484 e. The number of carbonyl (C=O) groups excluding carboxylic acids is 2. The molecule has 1 aromatic heterocycles. The molecule has 12 heteroatoms. The van der Waals surface area contributed by atoms with Crippen molar-refractivity contribution >= 4 is 35.1 Å². The van der Waals surface area contributed by atoms with Gasteiger partial charge in [-0.1, -0.05) is 23.7 Å². The summed E-state index contributed by atoms with van der Waals surface area (Å²) in [5.74, 6) is 0.319. The Bertz CT molecular complexity index is 1110. The third-order valence-electron chi connectivity index (χ3n) is 7.04. The van der Waals surface area contributed by atoms with Gasteiger partial charge in [-0.3, -0.25) is 9.59 Å². The van der Waals surface area contributed by atoms with Crippen LogP contribution >= 0.6 is 11.6 Å². The summed E-state index contributed by atoms with van der Waals surface area (Å²) < 4.78 is 5.72. The lowest BCUT2D eigenvalue weighted by Crippen LogP contribution is -2.48. The summed E-state index contributed by atoms with van der Waals surface area (Å²) in [6.07, 6.45) is 3.81. The quantitative estimate of drug-likeness (QED) is 0.425. The van der Waals surface area contributed by atoms with E-state index in [1.54, 1.807) is 0 Å². The Morgan fingerprint density at radius 2 is 1.82 bits per heavy atom. The number of likely N-dealkylation sites (N-methyl/N-ethyl adjacent to an activating group) is 1. The van der Waals surface area contributed by atoms with Gasteiger partial charge < -0.3 is 36.2 Å². The molecule has 0 saturated carbocycles. The number of nitrogens with zero attached hydrogens (tertiary/aromatic N) is 5. The summed E-state index contributed by atoms with van der Waals surface area (Å²) in [5, 5.41) is 2.97. The fourth-order valence-electron chi connectivity index (χ4n) is 4.79. The van der Waals surface area contributed by atoms with Crippen molar-refractivity contribution in [1.82, 2.24) is 30.0 Å². The van der Waals surface area contributed by atoms with E-state index in [1.165, 1.54) is 5.56 Å². The number of nitrogens with two attached hydrogens (primary N) is 2. The van der Waals surface area contributed by atoms with Crippen LogP contribution in [0.15, 0.2) is 24.3 Å². The third-order valence-corrected chi connectivity index (χ3v) is 7.32. The Morgan fingerprint density at radius 3 is 2.55 bits per heavy atom. The molecule has 0 aliphatic carbocycles. The van der Waals surface area contributed by atoms with E-state index in [0.29, 0.717) is 5.75 Å².